The van der Waals surface area contributed by atoms with Gasteiger partial charge in [0.15, 0.2) is 11.4 Å². The van der Waals surface area contributed by atoms with Gasteiger partial charge in [0, 0.05) is 121 Å². The number of carbonyl (C=O) groups is 2. The zero-order chi connectivity index (χ0) is 98.1. The summed E-state index contributed by atoms with van der Waals surface area (Å²) in [5.74, 6) is -1.86. The number of unbranched alkanes of at least 4 members (excludes halogenated alkanes) is 4. The van der Waals surface area contributed by atoms with Gasteiger partial charge in [-0.15, -0.1) is 25.3 Å². The highest BCUT2D eigenvalue weighted by atomic mass is 79.9. The van der Waals surface area contributed by atoms with Crippen molar-refractivity contribution in [3.63, 3.8) is 0 Å². The number of fused-ring (bicyclic) bond motifs is 9. The van der Waals surface area contributed by atoms with Crippen LogP contribution >= 0.6 is 15.9 Å². The van der Waals surface area contributed by atoms with Crippen LogP contribution in [-0.2, 0) is 152 Å². The van der Waals surface area contributed by atoms with E-state index in [0.717, 1.165) is 96.9 Å². The van der Waals surface area contributed by atoms with E-state index in [0.29, 0.717) is 82.6 Å². The van der Waals surface area contributed by atoms with Crippen LogP contribution in [0.25, 0.3) is 32.3 Å². The molecular weight excluding hydrogens is 2000 g/mol. The van der Waals surface area contributed by atoms with E-state index in [4.69, 9.17) is 40.0 Å². The summed E-state index contributed by atoms with van der Waals surface area (Å²) in [6, 6.07) is 16.2. The molecule has 0 saturated carbocycles. The molecule has 0 aromatic heterocycles. The number of alkyl halides is 1. The Labute approximate surface area is 756 Å². The zero-order valence-electron chi connectivity index (χ0n) is 70.9. The molecule has 5 aliphatic heterocycles. The Hall–Kier alpha value is -7.09. The summed E-state index contributed by atoms with van der Waals surface area (Å²) in [5, 5.41) is 19.8. The number of sulfone groups is 1. The lowest BCUT2D eigenvalue weighted by molar-refractivity contribution is -0.439. The highest BCUT2D eigenvalue weighted by Crippen LogP contribution is 2.49. The van der Waals surface area contributed by atoms with Gasteiger partial charge >= 0.3 is 33.2 Å². The summed E-state index contributed by atoms with van der Waals surface area (Å²) in [4.78, 5) is 22.4. The highest BCUT2D eigenvalue weighted by molar-refractivity contribution is 9.09. The largest absolute Gasteiger partial charge is 0.748 e. The first kappa shape index (κ1) is 113. The van der Waals surface area contributed by atoms with Crippen molar-refractivity contribution in [3.8, 4) is 0 Å². The van der Waals surface area contributed by atoms with E-state index in [1.165, 1.54) is 24.3 Å². The quantitative estimate of drug-likeness (QED) is 0.00829. The molecule has 128 heavy (non-hydrogen) atoms. The molecule has 5 heterocycles. The van der Waals surface area contributed by atoms with Gasteiger partial charge < -0.3 is 19.3 Å². The number of nitrogens with one attached hydrogen (secondary N) is 3. The first-order valence-electron chi connectivity index (χ1n) is 38.4. The number of nitrogens with zero attached hydrogens (tertiary/aromatic N) is 3. The van der Waals surface area contributed by atoms with Crippen LogP contribution in [-0.4, -0.2) is 254 Å². The Morgan fingerprint density at radius 1 is 0.492 bits per heavy atom. The number of carboxylic acids is 2. The van der Waals surface area contributed by atoms with Crippen molar-refractivity contribution < 1.29 is 165 Å². The minimum Gasteiger partial charge on any atom is -0.748 e. The van der Waals surface area contributed by atoms with Crippen LogP contribution in [0.3, 0.4) is 0 Å². The molecule has 2 fully saturated rings. The molecule has 2 saturated heterocycles. The molecule has 0 bridgehead atoms. The van der Waals surface area contributed by atoms with E-state index in [2.05, 4.69) is 39.1 Å². The number of aliphatic imine (C=N–C) groups is 1. The van der Waals surface area contributed by atoms with Crippen LogP contribution in [0.4, 0.5) is 17.1 Å². The first-order chi connectivity index (χ1) is 58.4. The number of aliphatic carboxylic acids is 2. The smallest absolute Gasteiger partial charge is 0.425 e. The third-order valence-electron chi connectivity index (χ3n) is 20.5. The summed E-state index contributed by atoms with van der Waals surface area (Å²) in [6.07, 6.45) is 7.89. The minimum absolute atomic E-state index is 0.0830. The standard InChI is InChI=1S/C23H30N2O7S2.C20H26N2O8S3.C17H20N2O8S3.C6H11BrO2.C4H8O2S.C3H6O3S.2O3S/c1-5-24-33(28,29)20-14-16(34(30,31)32)13-18-17(20)10-11-19-22(18)23(3,4)15(2)25(19)12-8-6-7-9-21(26)27;1-5-21-32(26,27)18-12-14(33(28,29)30)11-16-15(18)7-8-17-19(16)20(3,4)13(2)22(17)9-6-10-31(23,24)25;1-10-17(2,3)16-13-8-11(30(25,26)27)9-15(12(13)4-5-14(16)19-10)29(23,24)18-6-7-28(20,21)22;7-5-3-1-2-4-6(8)9;5-7(6)3-1-2-4-7;4-7(5)3-1-2-6-7;2*1-4(2)3/h10-11,13-14,24H,5-9,12H2,1-4H3,(H-,26,27,30,31,32);7-8,11-12,21H,5-6,9-10H2,1-4H3,(H-,23,24,25,28,29,30);4-5,8-9,18H,6-7H2,1-3H3,(H,20,21,22)(H,25,26,27);1-5H2,(H,8,9);1-4H2;1-3H2;;. The van der Waals surface area contributed by atoms with Gasteiger partial charge in [0.25, 0.3) is 40.5 Å². The average Bonchev–Trinajstić information content (AvgIpc) is 1.55. The number of hydrogen-bond acceptors (Lipinski definition) is 32. The number of benzene rings is 6. The molecule has 42 nitrogen and oxygen atoms in total. The van der Waals surface area contributed by atoms with Crippen molar-refractivity contribution >= 4 is 216 Å². The molecule has 0 atom stereocenters. The Balaban J connectivity index is 0.000000343. The number of carboxylic acid groups (broad SMARTS) is 2. The topological polar surface area (TPSA) is 689 Å². The van der Waals surface area contributed by atoms with Crippen LogP contribution in [0.5, 0.6) is 0 Å². The van der Waals surface area contributed by atoms with Crippen molar-refractivity contribution in [3.05, 3.63) is 89.5 Å². The molecule has 5 aliphatic rings. The second-order valence-corrected chi connectivity index (χ2v) is 48.7. The molecule has 0 aliphatic carbocycles. The van der Waals surface area contributed by atoms with Crippen molar-refractivity contribution in [2.75, 3.05) is 73.4 Å². The van der Waals surface area contributed by atoms with Gasteiger partial charge in [-0.2, -0.15) is 42.8 Å². The predicted octanol–water partition coefficient (Wildman–Crippen LogP) is 6.39. The van der Waals surface area contributed by atoms with E-state index in [1.54, 1.807) is 45.0 Å². The lowest BCUT2D eigenvalue weighted by Crippen LogP contribution is -2.29. The fraction of sp³-hybridized carbons (Fsp3) is 0.521. The third-order valence-corrected chi connectivity index (χ3v) is 32.9. The van der Waals surface area contributed by atoms with Gasteiger partial charge in [0.1, 0.15) is 33.0 Å². The molecule has 0 amide bonds. The van der Waals surface area contributed by atoms with Crippen LogP contribution in [0.15, 0.2) is 107 Å². The van der Waals surface area contributed by atoms with Crippen molar-refractivity contribution in [1.29, 1.82) is 0 Å². The summed E-state index contributed by atoms with van der Waals surface area (Å²) in [5.41, 5.74) is 4.74. The first-order valence-corrected chi connectivity index (χ1v) is 56.9. The lowest BCUT2D eigenvalue weighted by Gasteiger charge is -2.23. The second-order valence-electron chi connectivity index (χ2n) is 30.5. The summed E-state index contributed by atoms with van der Waals surface area (Å²) < 4.78 is 350. The zero-order valence-corrected chi connectivity index (χ0v) is 82.3. The average molecular weight is 2100 g/mol. The molecule has 8 N–H and O–H groups in total. The van der Waals surface area contributed by atoms with Crippen molar-refractivity contribution in [1.82, 2.24) is 14.2 Å². The molecule has 0 unspecified atom stereocenters. The van der Waals surface area contributed by atoms with Gasteiger partial charge in [0.05, 0.1) is 85.6 Å². The van der Waals surface area contributed by atoms with Gasteiger partial charge in [-0.05, 0) is 156 Å². The maximum Gasteiger partial charge on any atom is 0.425 e. The molecule has 0 spiro atoms. The third kappa shape index (κ3) is 32.1. The molecule has 11 rings (SSSR count). The van der Waals surface area contributed by atoms with Crippen LogP contribution in [0, 0.1) is 0 Å². The molecule has 6 aromatic carbocycles. The van der Waals surface area contributed by atoms with Crippen LogP contribution < -0.4 is 14.2 Å². The number of sulfonamides is 3. The Bertz CT molecular complexity index is 6730. The number of hydrogen-bond donors (Lipinski definition) is 8. The fourth-order valence-corrected chi connectivity index (χ4v) is 23.5. The maximum atomic E-state index is 12.9. The second kappa shape index (κ2) is 45.6. The Morgan fingerprint density at radius 3 is 1.20 bits per heavy atom. The maximum absolute atomic E-state index is 12.9. The van der Waals surface area contributed by atoms with Crippen LogP contribution in [0.1, 0.15) is 170 Å². The summed E-state index contributed by atoms with van der Waals surface area (Å²) in [6.45, 7) is 21.0. The van der Waals surface area contributed by atoms with E-state index in [-0.39, 0.29) is 64.2 Å². The SMILES string of the molecule is CC1=Nc2ccc3c(S(=O)(=O)NCCS(=O)(=O)O)cc(S(=O)(=O)O)cc3c2C1(C)C.CCNS(=O)(=O)c1cc(S(=O)(=O)O)cc2c3c(ccc12)[N+](CCCS(=O)(=O)[O-])=C(C)C3(C)C.CCNS(=O)(=O)c1cc(S(=O)(=O)[O-])cc2c3c(ccc12)[N+](CCCCCC(=O)O)=C(C)C3(C)C.O=C(O)CCCCCBr.O=S(=O)=O.O=S(=O)=O.O=S1(=O)CCCC1.O=S1(=O)CCCO1. The lowest BCUT2D eigenvalue weighted by atomic mass is 9.80. The molecule has 6 aromatic rings. The molecule has 718 valence electrons. The van der Waals surface area contributed by atoms with Crippen molar-refractivity contribution in [2.24, 2.45) is 4.99 Å². The van der Waals surface area contributed by atoms with E-state index in [1.807, 2.05) is 70.8 Å². The number of halogens is 1. The molecular formula is C73H101BrN6O36S12. The number of rotatable bonds is 29. The summed E-state index contributed by atoms with van der Waals surface area (Å²) in [7, 11) is -47.5. The van der Waals surface area contributed by atoms with E-state index in [9.17, 15) is 112 Å². The summed E-state index contributed by atoms with van der Waals surface area (Å²) >= 11 is 3.27. The Morgan fingerprint density at radius 2 is 0.867 bits per heavy atom. The van der Waals surface area contributed by atoms with Gasteiger partial charge in [-0.1, -0.05) is 56.1 Å². The van der Waals surface area contributed by atoms with Gasteiger partial charge in [-0.25, -0.2) is 64.7 Å². The van der Waals surface area contributed by atoms with E-state index < -0.39 is 188 Å². The predicted molar refractivity (Wildman–Crippen MR) is 472 cm³/mol. The van der Waals surface area contributed by atoms with Crippen LogP contribution in [0.2, 0.25) is 0 Å². The monoisotopic (exact) mass is 2100 g/mol. The highest BCUT2D eigenvalue weighted by Gasteiger charge is 2.47. The van der Waals surface area contributed by atoms with Gasteiger partial charge in [-0.3, -0.25) is 32.4 Å². The fourth-order valence-electron chi connectivity index (χ4n) is 14.0. The van der Waals surface area contributed by atoms with Crippen molar-refractivity contribution in [2.45, 2.75) is 199 Å². The van der Waals surface area contributed by atoms with E-state index >= 15 is 0 Å². The molecule has 0 radical (unpaired) electrons. The minimum atomic E-state index is -4.91. The molecule has 55 heteroatoms. The normalized spacial score (nSPS) is 16.4. The Kier molecular flexibility index (Phi) is 40.3. The van der Waals surface area contributed by atoms with Gasteiger partial charge in [0.2, 0.25) is 41.4 Å².